The Labute approximate surface area is 155 Å². The number of nitrogens with zero attached hydrogens (tertiary/aromatic N) is 1. The number of benzene rings is 2. The summed E-state index contributed by atoms with van der Waals surface area (Å²) in [5.41, 5.74) is 0.477. The third-order valence-corrected chi connectivity index (χ3v) is 4.48. The van der Waals surface area contributed by atoms with E-state index in [0.29, 0.717) is 10.4 Å². The Kier molecular flexibility index (Phi) is 3.78. The van der Waals surface area contributed by atoms with E-state index < -0.39 is 28.3 Å². The summed E-state index contributed by atoms with van der Waals surface area (Å²) in [6, 6.07) is 9.45. The molecule has 1 aliphatic rings. The van der Waals surface area contributed by atoms with Gasteiger partial charge in [-0.15, -0.1) is 0 Å². The van der Waals surface area contributed by atoms with Gasteiger partial charge < -0.3 is 9.73 Å². The highest BCUT2D eigenvalue weighted by atomic mass is 35.5. The van der Waals surface area contributed by atoms with Gasteiger partial charge in [0, 0.05) is 28.1 Å². The topological polar surface area (TPSA) is 120 Å². The number of halogens is 1. The lowest BCUT2D eigenvalue weighted by molar-refractivity contribution is -0.384. The van der Waals surface area contributed by atoms with E-state index in [2.05, 4.69) is 5.32 Å². The van der Waals surface area contributed by atoms with Gasteiger partial charge in [-0.3, -0.25) is 24.5 Å². The Hall–Kier alpha value is -3.52. The van der Waals surface area contributed by atoms with E-state index in [1.54, 1.807) is 0 Å². The SMILES string of the molecule is O=C1Nc2cc(Cl)ccc2C(=O)C1C(=O)c1cc2cc([N+](=O)[O-])ccc2o1. The van der Waals surface area contributed by atoms with Crippen molar-refractivity contribution in [1.29, 1.82) is 0 Å². The molecule has 2 aromatic carbocycles. The first kappa shape index (κ1) is 16.9. The fourth-order valence-electron chi connectivity index (χ4n) is 2.96. The first-order valence-corrected chi connectivity index (χ1v) is 8.10. The number of amides is 1. The van der Waals surface area contributed by atoms with Crippen molar-refractivity contribution in [3.8, 4) is 0 Å². The van der Waals surface area contributed by atoms with Crippen LogP contribution in [-0.4, -0.2) is 22.4 Å². The third-order valence-electron chi connectivity index (χ3n) is 4.25. The highest BCUT2D eigenvalue weighted by Gasteiger charge is 2.41. The number of nitro groups is 1. The van der Waals surface area contributed by atoms with E-state index in [4.69, 9.17) is 16.0 Å². The molecule has 0 saturated heterocycles. The Morgan fingerprint density at radius 2 is 1.93 bits per heavy atom. The smallest absolute Gasteiger partial charge is 0.270 e. The zero-order valence-electron chi connectivity index (χ0n) is 13.4. The minimum absolute atomic E-state index is 0.167. The highest BCUT2D eigenvalue weighted by Crippen LogP contribution is 2.31. The molecule has 2 heterocycles. The van der Waals surface area contributed by atoms with Crippen LogP contribution in [0.1, 0.15) is 20.9 Å². The predicted molar refractivity (Wildman–Crippen MR) is 95.1 cm³/mol. The molecule has 134 valence electrons. The average molecular weight is 385 g/mol. The number of Topliss-reactive ketones (excluding diaryl/α,β-unsaturated/α-hetero) is 2. The maximum Gasteiger partial charge on any atom is 0.270 e. The Morgan fingerprint density at radius 1 is 1.15 bits per heavy atom. The van der Waals surface area contributed by atoms with Gasteiger partial charge >= 0.3 is 0 Å². The zero-order valence-corrected chi connectivity index (χ0v) is 14.1. The standard InChI is InChI=1S/C18H9ClN2O6/c19-9-1-3-11-12(7-9)20-18(24)15(16(11)22)17(23)14-6-8-5-10(21(25)26)2-4-13(8)27-14/h1-7,15H,(H,20,24). The molecule has 0 spiro atoms. The second-order valence-corrected chi connectivity index (χ2v) is 6.37. The monoisotopic (exact) mass is 384 g/mol. The number of nitrogens with one attached hydrogen (secondary N) is 1. The Bertz CT molecular complexity index is 1170. The van der Waals surface area contributed by atoms with Gasteiger partial charge in [0.1, 0.15) is 5.58 Å². The number of anilines is 1. The van der Waals surface area contributed by atoms with Crippen molar-refractivity contribution in [1.82, 2.24) is 0 Å². The maximum absolute atomic E-state index is 12.8. The van der Waals surface area contributed by atoms with Gasteiger partial charge in [-0.05, 0) is 30.3 Å². The quantitative estimate of drug-likeness (QED) is 0.318. The summed E-state index contributed by atoms with van der Waals surface area (Å²) in [6.07, 6.45) is 0. The lowest BCUT2D eigenvalue weighted by Gasteiger charge is -2.22. The summed E-state index contributed by atoms with van der Waals surface area (Å²) in [5.74, 6) is -4.10. The van der Waals surface area contributed by atoms with Gasteiger partial charge in [-0.1, -0.05) is 11.6 Å². The van der Waals surface area contributed by atoms with Crippen LogP contribution in [0, 0.1) is 16.0 Å². The van der Waals surface area contributed by atoms with Crippen molar-refractivity contribution in [2.24, 2.45) is 5.92 Å². The van der Waals surface area contributed by atoms with Crippen molar-refractivity contribution >= 4 is 51.4 Å². The van der Waals surface area contributed by atoms with Crippen LogP contribution in [0.15, 0.2) is 46.9 Å². The number of carbonyl (C=O) groups is 3. The minimum atomic E-state index is -1.60. The third kappa shape index (κ3) is 2.76. The number of nitro benzene ring substituents is 1. The summed E-state index contributed by atoms with van der Waals surface area (Å²) in [4.78, 5) is 48.0. The molecule has 8 nitrogen and oxygen atoms in total. The van der Waals surface area contributed by atoms with E-state index in [9.17, 15) is 24.5 Å². The van der Waals surface area contributed by atoms with Crippen LogP contribution in [0.5, 0.6) is 0 Å². The van der Waals surface area contributed by atoms with E-state index in [1.165, 1.54) is 42.5 Å². The molecule has 9 heteroatoms. The van der Waals surface area contributed by atoms with E-state index >= 15 is 0 Å². The number of hydrogen-bond donors (Lipinski definition) is 1. The number of furan rings is 1. The van der Waals surface area contributed by atoms with Crippen molar-refractivity contribution in [2.75, 3.05) is 5.32 Å². The van der Waals surface area contributed by atoms with E-state index in [1.807, 2.05) is 0 Å². The molecule has 1 atom stereocenters. The molecule has 0 saturated carbocycles. The fraction of sp³-hybridized carbons (Fsp3) is 0.0556. The molecular weight excluding hydrogens is 376 g/mol. The lowest BCUT2D eigenvalue weighted by atomic mass is 9.87. The molecule has 27 heavy (non-hydrogen) atoms. The summed E-state index contributed by atoms with van der Waals surface area (Å²) in [7, 11) is 0. The number of rotatable bonds is 3. The molecule has 1 aliphatic heterocycles. The summed E-state index contributed by atoms with van der Waals surface area (Å²) < 4.78 is 5.40. The summed E-state index contributed by atoms with van der Waals surface area (Å²) >= 11 is 5.85. The molecule has 1 unspecified atom stereocenters. The Balaban J connectivity index is 1.73. The van der Waals surface area contributed by atoms with Gasteiger partial charge in [-0.2, -0.15) is 0 Å². The lowest BCUT2D eigenvalue weighted by Crippen LogP contribution is -2.40. The van der Waals surface area contributed by atoms with E-state index in [0.717, 1.165) is 0 Å². The molecule has 4 rings (SSSR count). The molecule has 3 aromatic rings. The van der Waals surface area contributed by atoms with Crippen molar-refractivity contribution in [2.45, 2.75) is 0 Å². The predicted octanol–water partition coefficient (Wildman–Crippen LogP) is 3.63. The van der Waals surface area contributed by atoms with Gasteiger partial charge in [0.15, 0.2) is 17.5 Å². The van der Waals surface area contributed by atoms with Crippen molar-refractivity contribution < 1.29 is 23.7 Å². The van der Waals surface area contributed by atoms with Gasteiger partial charge in [0.25, 0.3) is 5.69 Å². The van der Waals surface area contributed by atoms with Gasteiger partial charge in [0.05, 0.1) is 10.6 Å². The van der Waals surface area contributed by atoms with Crippen LogP contribution < -0.4 is 5.32 Å². The van der Waals surface area contributed by atoms with Crippen molar-refractivity contribution in [3.05, 3.63) is 68.9 Å². The van der Waals surface area contributed by atoms with Crippen LogP contribution in [0.4, 0.5) is 11.4 Å². The molecular formula is C18H9ClN2O6. The number of carbonyl (C=O) groups excluding carboxylic acids is 3. The number of non-ortho nitro benzene ring substituents is 1. The molecule has 0 bridgehead atoms. The molecule has 0 radical (unpaired) electrons. The van der Waals surface area contributed by atoms with E-state index in [-0.39, 0.29) is 28.3 Å². The minimum Gasteiger partial charge on any atom is -0.453 e. The van der Waals surface area contributed by atoms with Crippen LogP contribution in [-0.2, 0) is 4.79 Å². The Morgan fingerprint density at radius 3 is 2.67 bits per heavy atom. The molecule has 1 amide bonds. The molecule has 0 fully saturated rings. The van der Waals surface area contributed by atoms with Crippen molar-refractivity contribution in [3.63, 3.8) is 0 Å². The maximum atomic E-state index is 12.8. The zero-order chi connectivity index (χ0) is 19.3. The van der Waals surface area contributed by atoms with Crippen LogP contribution in [0.3, 0.4) is 0 Å². The van der Waals surface area contributed by atoms with Crippen LogP contribution in [0.25, 0.3) is 11.0 Å². The fourth-order valence-corrected chi connectivity index (χ4v) is 3.13. The molecule has 1 aromatic heterocycles. The second kappa shape index (κ2) is 6.03. The summed E-state index contributed by atoms with van der Waals surface area (Å²) in [6.45, 7) is 0. The number of hydrogen-bond acceptors (Lipinski definition) is 6. The normalized spacial score (nSPS) is 16.1. The number of fused-ring (bicyclic) bond motifs is 2. The average Bonchev–Trinajstić information content (AvgIpc) is 3.04. The largest absolute Gasteiger partial charge is 0.453 e. The van der Waals surface area contributed by atoms with Crippen LogP contribution in [0.2, 0.25) is 5.02 Å². The first-order chi connectivity index (χ1) is 12.8. The van der Waals surface area contributed by atoms with Crippen LogP contribution >= 0.6 is 11.6 Å². The van der Waals surface area contributed by atoms with Gasteiger partial charge in [0.2, 0.25) is 11.7 Å². The first-order valence-electron chi connectivity index (χ1n) is 7.72. The van der Waals surface area contributed by atoms with Gasteiger partial charge in [-0.25, -0.2) is 0 Å². The number of ketones is 2. The highest BCUT2D eigenvalue weighted by molar-refractivity contribution is 6.35. The molecule has 1 N–H and O–H groups in total. The molecule has 0 aliphatic carbocycles. The summed E-state index contributed by atoms with van der Waals surface area (Å²) in [5, 5.41) is 14.0. The second-order valence-electron chi connectivity index (χ2n) is 5.93.